The number of para-hydroxylation sites is 1. The number of hydrogen-bond acceptors (Lipinski definition) is 4. The normalized spacial score (nSPS) is 13.4. The van der Waals surface area contributed by atoms with Crippen LogP contribution in [0.15, 0.2) is 59.0 Å². The van der Waals surface area contributed by atoms with Crippen LogP contribution < -0.4 is 0 Å². The van der Waals surface area contributed by atoms with Crippen LogP contribution in [0.1, 0.15) is 22.2 Å². The Balaban J connectivity index is 1.93. The van der Waals surface area contributed by atoms with Gasteiger partial charge in [0.05, 0.1) is 6.07 Å². The maximum atomic E-state index is 12.5. The summed E-state index contributed by atoms with van der Waals surface area (Å²) in [5.41, 5.74) is 0.971. The minimum absolute atomic E-state index is 0.0545. The molecule has 2 unspecified atom stereocenters. The van der Waals surface area contributed by atoms with E-state index in [9.17, 15) is 15.2 Å². The van der Waals surface area contributed by atoms with Crippen molar-refractivity contribution < 1.29 is 14.3 Å². The predicted molar refractivity (Wildman–Crippen MR) is 86.1 cm³/mol. The summed E-state index contributed by atoms with van der Waals surface area (Å²) >= 11 is 5.89. The van der Waals surface area contributed by atoms with Gasteiger partial charge in [-0.1, -0.05) is 41.9 Å². The van der Waals surface area contributed by atoms with Gasteiger partial charge in [0, 0.05) is 10.4 Å². The molecule has 4 nitrogen and oxygen atoms in total. The van der Waals surface area contributed by atoms with E-state index in [1.54, 1.807) is 36.4 Å². The Kier molecular flexibility index (Phi) is 4.16. The number of rotatable bonds is 4. The van der Waals surface area contributed by atoms with Crippen LogP contribution >= 0.6 is 11.6 Å². The molecule has 0 saturated carbocycles. The van der Waals surface area contributed by atoms with E-state index in [0.29, 0.717) is 16.2 Å². The van der Waals surface area contributed by atoms with Crippen molar-refractivity contribution in [2.45, 2.75) is 6.10 Å². The molecule has 0 aliphatic heterocycles. The molecule has 0 radical (unpaired) electrons. The van der Waals surface area contributed by atoms with E-state index in [0.717, 1.165) is 5.39 Å². The Morgan fingerprint density at radius 1 is 1.17 bits per heavy atom. The highest BCUT2D eigenvalue weighted by Gasteiger charge is 2.31. The van der Waals surface area contributed by atoms with Gasteiger partial charge in [-0.15, -0.1) is 0 Å². The summed E-state index contributed by atoms with van der Waals surface area (Å²) in [4.78, 5) is 12.5. The van der Waals surface area contributed by atoms with Crippen LogP contribution in [0.25, 0.3) is 11.0 Å². The number of hydrogen-bond donors (Lipinski definition) is 1. The number of nitriles is 1. The van der Waals surface area contributed by atoms with Gasteiger partial charge in [-0.05, 0) is 29.8 Å². The molecular weight excluding hydrogens is 314 g/mol. The molecule has 5 heteroatoms. The summed E-state index contributed by atoms with van der Waals surface area (Å²) in [6.07, 6.45) is -1.28. The average Bonchev–Trinajstić information content (AvgIpc) is 2.99. The predicted octanol–water partition coefficient (Wildman–Crippen LogP) is 4.14. The lowest BCUT2D eigenvalue weighted by Gasteiger charge is -2.15. The number of halogens is 1. The monoisotopic (exact) mass is 325 g/mol. The highest BCUT2D eigenvalue weighted by atomic mass is 35.5. The van der Waals surface area contributed by atoms with Crippen molar-refractivity contribution in [3.8, 4) is 6.07 Å². The molecule has 3 rings (SSSR count). The third-order valence-electron chi connectivity index (χ3n) is 3.60. The molecule has 0 aliphatic rings. The standard InChI is InChI=1S/C18H12ClNO3/c19-13-6-3-5-12(8-13)17(21)14(10-20)18(22)16-9-11-4-1-2-7-15(11)23-16/h1-9,14,17,21H. The van der Waals surface area contributed by atoms with Gasteiger partial charge in [0.25, 0.3) is 0 Å². The van der Waals surface area contributed by atoms with Crippen LogP contribution in [0.2, 0.25) is 5.02 Å². The number of furan rings is 1. The van der Waals surface area contributed by atoms with Gasteiger partial charge >= 0.3 is 0 Å². The number of carbonyl (C=O) groups excluding carboxylic acids is 1. The van der Waals surface area contributed by atoms with Crippen molar-refractivity contribution in [1.82, 2.24) is 0 Å². The fourth-order valence-electron chi connectivity index (χ4n) is 2.41. The molecule has 0 spiro atoms. The van der Waals surface area contributed by atoms with Crippen molar-refractivity contribution in [3.05, 3.63) is 70.9 Å². The maximum absolute atomic E-state index is 12.5. The summed E-state index contributed by atoms with van der Waals surface area (Å²) in [5.74, 6) is -1.77. The number of nitrogens with zero attached hydrogens (tertiary/aromatic N) is 1. The summed E-state index contributed by atoms with van der Waals surface area (Å²) in [7, 11) is 0. The lowest BCUT2D eigenvalue weighted by molar-refractivity contribution is 0.0751. The molecule has 1 heterocycles. The van der Waals surface area contributed by atoms with E-state index in [-0.39, 0.29) is 5.76 Å². The van der Waals surface area contributed by atoms with Gasteiger partial charge in [0.1, 0.15) is 17.6 Å². The number of Topliss-reactive ketones (excluding diaryl/α,β-unsaturated/α-hetero) is 1. The topological polar surface area (TPSA) is 74.2 Å². The summed E-state index contributed by atoms with van der Waals surface area (Å²) in [6, 6.07) is 17.1. The first-order chi connectivity index (χ1) is 11.1. The lowest BCUT2D eigenvalue weighted by atomic mass is 9.92. The van der Waals surface area contributed by atoms with Crippen LogP contribution in [-0.4, -0.2) is 10.9 Å². The summed E-state index contributed by atoms with van der Waals surface area (Å²) in [5, 5.41) is 20.9. The van der Waals surface area contributed by atoms with Crippen molar-refractivity contribution in [1.29, 1.82) is 5.26 Å². The zero-order chi connectivity index (χ0) is 16.4. The van der Waals surface area contributed by atoms with Gasteiger partial charge in [0.2, 0.25) is 5.78 Å². The van der Waals surface area contributed by atoms with E-state index < -0.39 is 17.8 Å². The highest BCUT2D eigenvalue weighted by Crippen LogP contribution is 2.29. The Morgan fingerprint density at radius 2 is 1.96 bits per heavy atom. The molecule has 0 amide bonds. The number of aliphatic hydroxyl groups excluding tert-OH is 1. The van der Waals surface area contributed by atoms with Crippen LogP contribution in [0.3, 0.4) is 0 Å². The van der Waals surface area contributed by atoms with Crippen LogP contribution in [0.5, 0.6) is 0 Å². The second kappa shape index (κ2) is 6.25. The summed E-state index contributed by atoms with van der Waals surface area (Å²) in [6.45, 7) is 0. The smallest absolute Gasteiger partial charge is 0.218 e. The Morgan fingerprint density at radius 3 is 2.65 bits per heavy atom. The zero-order valence-electron chi connectivity index (χ0n) is 11.9. The number of fused-ring (bicyclic) bond motifs is 1. The Bertz CT molecular complexity index is 877. The van der Waals surface area contributed by atoms with Crippen molar-refractivity contribution in [2.75, 3.05) is 0 Å². The fourth-order valence-corrected chi connectivity index (χ4v) is 2.61. The number of benzene rings is 2. The Hall–Kier alpha value is -2.61. The van der Waals surface area contributed by atoms with E-state index in [4.69, 9.17) is 16.0 Å². The first-order valence-corrected chi connectivity index (χ1v) is 7.34. The van der Waals surface area contributed by atoms with Crippen molar-refractivity contribution in [3.63, 3.8) is 0 Å². The largest absolute Gasteiger partial charge is 0.453 e. The van der Waals surface area contributed by atoms with E-state index >= 15 is 0 Å². The van der Waals surface area contributed by atoms with E-state index in [1.807, 2.05) is 18.2 Å². The second-order valence-electron chi connectivity index (χ2n) is 5.12. The molecule has 23 heavy (non-hydrogen) atoms. The third-order valence-corrected chi connectivity index (χ3v) is 3.83. The first-order valence-electron chi connectivity index (χ1n) is 6.96. The van der Waals surface area contributed by atoms with Crippen LogP contribution in [-0.2, 0) is 0 Å². The van der Waals surface area contributed by atoms with Crippen LogP contribution in [0.4, 0.5) is 0 Å². The molecule has 0 fully saturated rings. The molecule has 1 N–H and O–H groups in total. The van der Waals surface area contributed by atoms with E-state index in [1.165, 1.54) is 6.07 Å². The lowest BCUT2D eigenvalue weighted by Crippen LogP contribution is -2.20. The zero-order valence-corrected chi connectivity index (χ0v) is 12.7. The SMILES string of the molecule is N#CC(C(=O)c1cc2ccccc2o1)C(O)c1cccc(Cl)c1. The quantitative estimate of drug-likeness (QED) is 0.731. The molecule has 0 aliphatic carbocycles. The average molecular weight is 326 g/mol. The molecular formula is C18H12ClNO3. The van der Waals surface area contributed by atoms with Gasteiger partial charge in [-0.25, -0.2) is 0 Å². The second-order valence-corrected chi connectivity index (χ2v) is 5.56. The van der Waals surface area contributed by atoms with Crippen molar-refractivity contribution >= 4 is 28.4 Å². The molecule has 2 aromatic carbocycles. The molecule has 2 atom stereocenters. The maximum Gasteiger partial charge on any atom is 0.218 e. The summed E-state index contributed by atoms with van der Waals surface area (Å²) < 4.78 is 5.48. The third kappa shape index (κ3) is 2.98. The van der Waals surface area contributed by atoms with E-state index in [2.05, 4.69) is 0 Å². The molecule has 1 aromatic heterocycles. The first kappa shape index (κ1) is 15.3. The highest BCUT2D eigenvalue weighted by molar-refractivity contribution is 6.30. The molecule has 0 saturated heterocycles. The minimum Gasteiger partial charge on any atom is -0.453 e. The van der Waals surface area contributed by atoms with Gasteiger partial charge in [0.15, 0.2) is 5.76 Å². The van der Waals surface area contributed by atoms with Gasteiger partial charge < -0.3 is 9.52 Å². The van der Waals surface area contributed by atoms with Crippen LogP contribution in [0, 0.1) is 17.2 Å². The molecule has 0 bridgehead atoms. The number of aliphatic hydroxyl groups is 1. The fraction of sp³-hybridized carbons (Fsp3) is 0.111. The molecule has 114 valence electrons. The Labute approximate surface area is 137 Å². The molecule has 3 aromatic rings. The van der Waals surface area contributed by atoms with Crippen molar-refractivity contribution in [2.24, 2.45) is 5.92 Å². The van der Waals surface area contributed by atoms with Gasteiger partial charge in [-0.3, -0.25) is 4.79 Å². The minimum atomic E-state index is -1.28. The number of carbonyl (C=O) groups is 1. The number of ketones is 1. The van der Waals surface area contributed by atoms with Gasteiger partial charge in [-0.2, -0.15) is 5.26 Å².